The molecule has 0 radical (unpaired) electrons. The topological polar surface area (TPSA) is 139 Å². The number of carboxylic acid groups (broad SMARTS) is 1. The maximum Gasteiger partial charge on any atom is 0.408 e. The van der Waals surface area contributed by atoms with E-state index in [1.807, 2.05) is 43.3 Å². The zero-order valence-corrected chi connectivity index (χ0v) is 23.5. The molecule has 12 heteroatoms. The Morgan fingerprint density at radius 1 is 1.10 bits per heavy atom. The lowest BCUT2D eigenvalue weighted by molar-refractivity contribution is -0.139. The number of fused-ring (bicyclic) bond motifs is 1. The summed E-state index contributed by atoms with van der Waals surface area (Å²) in [5.74, 6) is -0.203. The molecular weight excluding hydrogens is 544 g/mol. The summed E-state index contributed by atoms with van der Waals surface area (Å²) in [6.07, 6.45) is 2.60. The van der Waals surface area contributed by atoms with E-state index in [9.17, 15) is 19.5 Å². The molecule has 0 saturated carbocycles. The summed E-state index contributed by atoms with van der Waals surface area (Å²) >= 11 is 1.65. The predicted octanol–water partition coefficient (Wildman–Crippen LogP) is 3.87. The third-order valence-corrected chi connectivity index (χ3v) is 8.08. The maximum absolute atomic E-state index is 12.9. The van der Waals surface area contributed by atoms with Crippen molar-refractivity contribution in [1.29, 1.82) is 0 Å². The molecule has 1 atom stereocenters. The smallest absolute Gasteiger partial charge is 0.408 e. The number of aromatic nitrogens is 3. The number of alkyl carbamates (subject to hydrolysis) is 1. The first-order valence-corrected chi connectivity index (χ1v) is 14.3. The van der Waals surface area contributed by atoms with Gasteiger partial charge in [0, 0.05) is 31.4 Å². The second-order valence-electron chi connectivity index (χ2n) is 10.1. The quantitative estimate of drug-likeness (QED) is 0.257. The number of benzene rings is 2. The highest BCUT2D eigenvalue weighted by Crippen LogP contribution is 2.27. The Hall–Kier alpha value is -4.45. The molecule has 2 aromatic heterocycles. The van der Waals surface area contributed by atoms with Gasteiger partial charge < -0.3 is 25.4 Å². The van der Waals surface area contributed by atoms with Crippen molar-refractivity contribution < 1.29 is 19.4 Å². The van der Waals surface area contributed by atoms with Crippen LogP contribution < -0.4 is 21.2 Å². The van der Waals surface area contributed by atoms with Crippen LogP contribution in [0.15, 0.2) is 65.6 Å². The summed E-state index contributed by atoms with van der Waals surface area (Å²) < 4.78 is 7.51. The molecule has 4 aromatic rings. The molecule has 5 rings (SSSR count). The van der Waals surface area contributed by atoms with Crippen molar-refractivity contribution in [3.05, 3.63) is 82.4 Å². The number of amides is 1. The van der Waals surface area contributed by atoms with Crippen LogP contribution in [0.1, 0.15) is 24.0 Å². The minimum Gasteiger partial charge on any atom is -0.480 e. The lowest BCUT2D eigenvalue weighted by Gasteiger charge is -2.33. The summed E-state index contributed by atoms with van der Waals surface area (Å²) in [5.41, 5.74) is 1.96. The van der Waals surface area contributed by atoms with Crippen molar-refractivity contribution in [2.24, 2.45) is 5.92 Å². The van der Waals surface area contributed by atoms with Crippen molar-refractivity contribution in [2.75, 3.05) is 29.9 Å². The fourth-order valence-corrected chi connectivity index (χ4v) is 5.73. The van der Waals surface area contributed by atoms with Gasteiger partial charge in [-0.1, -0.05) is 53.8 Å². The van der Waals surface area contributed by atoms with E-state index in [2.05, 4.69) is 31.6 Å². The predicted molar refractivity (Wildman–Crippen MR) is 157 cm³/mol. The van der Waals surface area contributed by atoms with Crippen molar-refractivity contribution in [3.8, 4) is 0 Å². The van der Waals surface area contributed by atoms with Gasteiger partial charge >= 0.3 is 17.8 Å². The van der Waals surface area contributed by atoms with Gasteiger partial charge in [0.15, 0.2) is 5.13 Å². The molecular formula is C29H32N6O5S. The first-order chi connectivity index (χ1) is 19.9. The third-order valence-electron chi connectivity index (χ3n) is 7.08. The number of carboxylic acids is 1. The number of nitrogens with zero attached hydrogens (tertiary/aromatic N) is 4. The Kier molecular flexibility index (Phi) is 8.78. The van der Waals surface area contributed by atoms with Crippen LogP contribution in [0.25, 0.3) is 10.2 Å². The van der Waals surface area contributed by atoms with Gasteiger partial charge in [-0.15, -0.1) is 0 Å². The maximum atomic E-state index is 12.9. The first kappa shape index (κ1) is 28.1. The van der Waals surface area contributed by atoms with Crippen LogP contribution >= 0.6 is 11.3 Å². The van der Waals surface area contributed by atoms with E-state index in [1.165, 1.54) is 4.57 Å². The van der Waals surface area contributed by atoms with Crippen LogP contribution in [0.5, 0.6) is 0 Å². The van der Waals surface area contributed by atoms with Gasteiger partial charge in [-0.2, -0.15) is 4.98 Å². The van der Waals surface area contributed by atoms with Crippen LogP contribution in [0, 0.1) is 12.8 Å². The van der Waals surface area contributed by atoms with Gasteiger partial charge in [-0.05, 0) is 43.4 Å². The monoisotopic (exact) mass is 576 g/mol. The molecule has 1 aliphatic heterocycles. The third kappa shape index (κ3) is 7.20. The summed E-state index contributed by atoms with van der Waals surface area (Å²) in [6.45, 7) is 3.92. The number of ether oxygens (including phenoxy) is 1. The van der Waals surface area contributed by atoms with Crippen molar-refractivity contribution >= 4 is 44.6 Å². The van der Waals surface area contributed by atoms with Gasteiger partial charge in [-0.25, -0.2) is 19.4 Å². The molecule has 1 amide bonds. The average molecular weight is 577 g/mol. The molecule has 3 heterocycles. The highest BCUT2D eigenvalue weighted by atomic mass is 32.1. The molecule has 3 N–H and O–H groups in total. The Labute approximate surface area is 240 Å². The number of aryl methyl sites for hydroxylation is 1. The number of aliphatic carboxylic acids is 1. The summed E-state index contributed by atoms with van der Waals surface area (Å²) in [4.78, 5) is 47.9. The number of para-hydroxylation sites is 1. The van der Waals surface area contributed by atoms with E-state index in [0.717, 1.165) is 59.0 Å². The SMILES string of the molecule is Cc1cn(C[C@H](NC(=O)OCc2ccccc2)C(=O)O)c(=O)nc1N1CCC(CNc2nc3ccccc3s2)CC1. The largest absolute Gasteiger partial charge is 0.480 e. The summed E-state index contributed by atoms with van der Waals surface area (Å²) in [5, 5.41) is 16.4. The van der Waals surface area contributed by atoms with E-state index in [1.54, 1.807) is 29.7 Å². The van der Waals surface area contributed by atoms with E-state index < -0.39 is 23.8 Å². The molecule has 1 fully saturated rings. The van der Waals surface area contributed by atoms with Crippen LogP contribution in [0.4, 0.5) is 15.7 Å². The first-order valence-electron chi connectivity index (χ1n) is 13.5. The van der Waals surface area contributed by atoms with Gasteiger partial charge in [0.05, 0.1) is 16.8 Å². The number of carbonyl (C=O) groups is 2. The van der Waals surface area contributed by atoms with E-state index >= 15 is 0 Å². The van der Waals surface area contributed by atoms with Gasteiger partial charge in [-0.3, -0.25) is 4.57 Å². The molecule has 1 saturated heterocycles. The Bertz CT molecular complexity index is 1530. The Morgan fingerprint density at radius 3 is 2.56 bits per heavy atom. The lowest BCUT2D eigenvalue weighted by atomic mass is 9.96. The summed E-state index contributed by atoms with van der Waals surface area (Å²) in [7, 11) is 0. The van der Waals surface area contributed by atoms with Crippen molar-refractivity contribution in [3.63, 3.8) is 0 Å². The zero-order chi connectivity index (χ0) is 28.8. The number of carbonyl (C=O) groups excluding carboxylic acids is 1. The molecule has 0 spiro atoms. The van der Waals surface area contributed by atoms with Crippen molar-refractivity contribution in [2.45, 2.75) is 39.0 Å². The standard InChI is InChI=1S/C29H32N6O5S/c1-19-16-35(17-23(26(36)37)32-29(39)40-18-21-7-3-2-4-8-21)28(38)33-25(19)34-13-11-20(12-14-34)15-30-27-31-22-9-5-6-10-24(22)41-27/h2-10,16,20,23H,11-15,17-18H2,1H3,(H,30,31)(H,32,39)(H,36,37)/t23-/m0/s1. The normalized spacial score (nSPS) is 14.5. The highest BCUT2D eigenvalue weighted by molar-refractivity contribution is 7.22. The number of rotatable bonds is 10. The fourth-order valence-electron chi connectivity index (χ4n) is 4.86. The minimum atomic E-state index is -1.36. The number of hydrogen-bond donors (Lipinski definition) is 3. The second-order valence-corrected chi connectivity index (χ2v) is 11.1. The molecule has 214 valence electrons. The Morgan fingerprint density at radius 2 is 1.83 bits per heavy atom. The molecule has 11 nitrogen and oxygen atoms in total. The summed E-state index contributed by atoms with van der Waals surface area (Å²) in [6, 6.07) is 15.8. The number of anilines is 2. The van der Waals surface area contributed by atoms with E-state index in [0.29, 0.717) is 11.7 Å². The van der Waals surface area contributed by atoms with Gasteiger partial charge in [0.25, 0.3) is 0 Å². The molecule has 0 bridgehead atoms. The molecule has 41 heavy (non-hydrogen) atoms. The van der Waals surface area contributed by atoms with E-state index in [-0.39, 0.29) is 13.2 Å². The number of piperidine rings is 1. The van der Waals surface area contributed by atoms with Crippen LogP contribution in [-0.4, -0.2) is 57.4 Å². The molecule has 2 aromatic carbocycles. The number of nitrogens with one attached hydrogen (secondary N) is 2. The average Bonchev–Trinajstić information content (AvgIpc) is 3.40. The Balaban J connectivity index is 1.14. The van der Waals surface area contributed by atoms with Gasteiger partial charge in [0.1, 0.15) is 18.5 Å². The van der Waals surface area contributed by atoms with Gasteiger partial charge in [0.2, 0.25) is 0 Å². The number of hydrogen-bond acceptors (Lipinski definition) is 9. The minimum absolute atomic E-state index is 0.00303. The zero-order valence-electron chi connectivity index (χ0n) is 22.7. The van der Waals surface area contributed by atoms with Crippen LogP contribution in [-0.2, 0) is 22.7 Å². The van der Waals surface area contributed by atoms with Crippen molar-refractivity contribution in [1.82, 2.24) is 19.9 Å². The highest BCUT2D eigenvalue weighted by Gasteiger charge is 2.25. The van der Waals surface area contributed by atoms with E-state index in [4.69, 9.17) is 4.74 Å². The second kappa shape index (κ2) is 12.8. The number of thiazole rings is 1. The van der Waals surface area contributed by atoms with Crippen LogP contribution in [0.3, 0.4) is 0 Å². The lowest BCUT2D eigenvalue weighted by Crippen LogP contribution is -2.46. The molecule has 1 aliphatic rings. The van der Waals surface area contributed by atoms with Crippen LogP contribution in [0.2, 0.25) is 0 Å². The fraction of sp³-hybridized carbons (Fsp3) is 0.345. The molecule has 0 aliphatic carbocycles. The molecule has 0 unspecified atom stereocenters.